The van der Waals surface area contributed by atoms with E-state index >= 15 is 0 Å². The van der Waals surface area contributed by atoms with Gasteiger partial charge in [-0.25, -0.2) is 0 Å². The van der Waals surface area contributed by atoms with Crippen LogP contribution >= 0.6 is 11.3 Å². The van der Waals surface area contributed by atoms with Crippen molar-refractivity contribution in [2.75, 3.05) is 20.2 Å². The first-order chi connectivity index (χ1) is 15.3. The van der Waals surface area contributed by atoms with Crippen LogP contribution in [0.2, 0.25) is 0 Å². The maximum atomic E-state index is 12.7. The van der Waals surface area contributed by atoms with Gasteiger partial charge < -0.3 is 9.64 Å². The molecular formula is C23H22F3N3O2S. The highest BCUT2D eigenvalue weighted by Gasteiger charge is 2.31. The van der Waals surface area contributed by atoms with Crippen molar-refractivity contribution in [2.45, 2.75) is 31.4 Å². The second-order valence-electron chi connectivity index (χ2n) is 7.70. The van der Waals surface area contributed by atoms with E-state index in [-0.39, 0.29) is 17.4 Å². The fourth-order valence-electron chi connectivity index (χ4n) is 3.73. The standard InChI is InChI=1S/C23H22F3N3O2S/c1-31-19-8-2-15(3-9-19)14-20-27-28-21(32-20)16-10-12-29(13-11-16)22(30)17-4-6-18(7-5-17)23(24,25)26/h2-9,16H,10-14H2,1H3. The molecule has 4 rings (SSSR count). The van der Waals surface area contributed by atoms with E-state index in [1.165, 1.54) is 12.1 Å². The molecule has 32 heavy (non-hydrogen) atoms. The van der Waals surface area contributed by atoms with Crippen LogP contribution in [0.15, 0.2) is 48.5 Å². The quantitative estimate of drug-likeness (QED) is 0.526. The van der Waals surface area contributed by atoms with Crippen LogP contribution < -0.4 is 4.74 Å². The minimum Gasteiger partial charge on any atom is -0.497 e. The van der Waals surface area contributed by atoms with Crippen molar-refractivity contribution in [1.29, 1.82) is 0 Å². The summed E-state index contributed by atoms with van der Waals surface area (Å²) < 4.78 is 43.3. The van der Waals surface area contributed by atoms with E-state index in [9.17, 15) is 18.0 Å². The number of carbonyl (C=O) groups is 1. The van der Waals surface area contributed by atoms with Gasteiger partial charge in [0.1, 0.15) is 15.8 Å². The van der Waals surface area contributed by atoms with Crippen LogP contribution in [0.25, 0.3) is 0 Å². The predicted octanol–water partition coefficient (Wildman–Crippen LogP) is 5.18. The molecule has 2 aromatic carbocycles. The Hall–Kier alpha value is -2.94. The van der Waals surface area contributed by atoms with E-state index in [1.54, 1.807) is 23.3 Å². The molecule has 0 unspecified atom stereocenters. The largest absolute Gasteiger partial charge is 0.497 e. The van der Waals surface area contributed by atoms with E-state index in [0.29, 0.717) is 19.5 Å². The molecule has 0 atom stereocenters. The molecule has 0 aliphatic carbocycles. The van der Waals surface area contributed by atoms with Gasteiger partial charge in [0.2, 0.25) is 0 Å². The van der Waals surface area contributed by atoms with E-state index < -0.39 is 11.7 Å². The Kier molecular flexibility index (Phi) is 6.45. The molecule has 0 N–H and O–H groups in total. The lowest BCUT2D eigenvalue weighted by Crippen LogP contribution is -2.37. The zero-order chi connectivity index (χ0) is 22.7. The van der Waals surface area contributed by atoms with Gasteiger partial charge in [0, 0.05) is 31.0 Å². The highest BCUT2D eigenvalue weighted by molar-refractivity contribution is 7.11. The minimum absolute atomic E-state index is 0.230. The average Bonchev–Trinajstić information content (AvgIpc) is 3.27. The number of aromatic nitrogens is 2. The first-order valence-corrected chi connectivity index (χ1v) is 11.1. The Bertz CT molecular complexity index is 1060. The van der Waals surface area contributed by atoms with E-state index in [4.69, 9.17) is 4.74 Å². The van der Waals surface area contributed by atoms with Crippen LogP contribution in [0.4, 0.5) is 13.2 Å². The fourth-order valence-corrected chi connectivity index (χ4v) is 4.78. The van der Waals surface area contributed by atoms with E-state index in [1.807, 2.05) is 24.3 Å². The number of carbonyl (C=O) groups excluding carboxylic acids is 1. The summed E-state index contributed by atoms with van der Waals surface area (Å²) in [5.41, 5.74) is 0.647. The molecule has 168 valence electrons. The Morgan fingerprint density at radius 2 is 1.72 bits per heavy atom. The van der Waals surface area contributed by atoms with Crippen molar-refractivity contribution in [3.63, 3.8) is 0 Å². The summed E-state index contributed by atoms with van der Waals surface area (Å²) in [6.07, 6.45) is -2.20. The Morgan fingerprint density at radius 3 is 2.31 bits per heavy atom. The molecule has 1 aromatic heterocycles. The normalized spacial score (nSPS) is 15.1. The van der Waals surface area contributed by atoms with Gasteiger partial charge in [-0.3, -0.25) is 4.79 Å². The first-order valence-electron chi connectivity index (χ1n) is 10.2. The lowest BCUT2D eigenvalue weighted by molar-refractivity contribution is -0.137. The molecule has 0 spiro atoms. The van der Waals surface area contributed by atoms with Crippen molar-refractivity contribution in [3.8, 4) is 5.75 Å². The molecule has 0 radical (unpaired) electrons. The number of amides is 1. The molecule has 1 amide bonds. The number of methoxy groups -OCH3 is 1. The van der Waals surface area contributed by atoms with E-state index in [0.717, 1.165) is 46.3 Å². The number of ether oxygens (including phenoxy) is 1. The number of piperidine rings is 1. The van der Waals surface area contributed by atoms with E-state index in [2.05, 4.69) is 10.2 Å². The number of alkyl halides is 3. The van der Waals surface area contributed by atoms with Gasteiger partial charge in [-0.15, -0.1) is 21.5 Å². The molecule has 1 aliphatic heterocycles. The molecule has 1 aliphatic rings. The summed E-state index contributed by atoms with van der Waals surface area (Å²) in [4.78, 5) is 14.4. The van der Waals surface area contributed by atoms with Crippen LogP contribution in [0.1, 0.15) is 50.3 Å². The average molecular weight is 462 g/mol. The van der Waals surface area contributed by atoms with Gasteiger partial charge in [0.15, 0.2) is 0 Å². The van der Waals surface area contributed by atoms with Gasteiger partial charge in [0.25, 0.3) is 5.91 Å². The molecule has 3 aromatic rings. The number of hydrogen-bond acceptors (Lipinski definition) is 5. The van der Waals surface area contributed by atoms with Crippen molar-refractivity contribution < 1.29 is 22.7 Å². The molecule has 0 bridgehead atoms. The zero-order valence-electron chi connectivity index (χ0n) is 17.4. The van der Waals surface area contributed by atoms with Gasteiger partial charge in [0.05, 0.1) is 12.7 Å². The molecular weight excluding hydrogens is 439 g/mol. The Morgan fingerprint density at radius 1 is 1.06 bits per heavy atom. The molecule has 9 heteroatoms. The van der Waals surface area contributed by atoms with Crippen molar-refractivity contribution in [1.82, 2.24) is 15.1 Å². The Balaban J connectivity index is 1.33. The van der Waals surface area contributed by atoms with Gasteiger partial charge >= 0.3 is 6.18 Å². The predicted molar refractivity (Wildman–Crippen MR) is 115 cm³/mol. The Labute approximate surface area is 187 Å². The van der Waals surface area contributed by atoms with Crippen LogP contribution in [-0.4, -0.2) is 41.2 Å². The number of rotatable bonds is 5. The first kappa shape index (κ1) is 22.3. The van der Waals surface area contributed by atoms with Crippen molar-refractivity contribution in [3.05, 3.63) is 75.2 Å². The number of benzene rings is 2. The number of nitrogens with zero attached hydrogens (tertiary/aromatic N) is 3. The SMILES string of the molecule is COc1ccc(Cc2nnc(C3CCN(C(=O)c4ccc(C(F)(F)F)cc4)CC3)s2)cc1. The second kappa shape index (κ2) is 9.28. The monoisotopic (exact) mass is 461 g/mol. The number of halogens is 3. The smallest absolute Gasteiger partial charge is 0.416 e. The molecule has 0 saturated carbocycles. The summed E-state index contributed by atoms with van der Waals surface area (Å²) >= 11 is 1.59. The third kappa shape index (κ3) is 5.09. The molecule has 2 heterocycles. The van der Waals surface area contributed by atoms with Gasteiger partial charge in [-0.2, -0.15) is 13.2 Å². The maximum Gasteiger partial charge on any atom is 0.416 e. The zero-order valence-corrected chi connectivity index (χ0v) is 18.2. The number of hydrogen-bond donors (Lipinski definition) is 0. The van der Waals surface area contributed by atoms with Crippen LogP contribution in [0.5, 0.6) is 5.75 Å². The lowest BCUT2D eigenvalue weighted by Gasteiger charge is -2.31. The maximum absolute atomic E-state index is 12.7. The fraction of sp³-hybridized carbons (Fsp3) is 0.348. The van der Waals surface area contributed by atoms with Crippen LogP contribution in [0, 0.1) is 0 Å². The van der Waals surface area contributed by atoms with Gasteiger partial charge in [-0.05, 0) is 54.8 Å². The highest BCUT2D eigenvalue weighted by atomic mass is 32.1. The van der Waals surface area contributed by atoms with Gasteiger partial charge in [-0.1, -0.05) is 12.1 Å². The minimum atomic E-state index is -4.41. The molecule has 1 saturated heterocycles. The summed E-state index contributed by atoms with van der Waals surface area (Å²) in [6, 6.07) is 12.2. The summed E-state index contributed by atoms with van der Waals surface area (Å²) in [5, 5.41) is 10.6. The van der Waals surface area contributed by atoms with Crippen molar-refractivity contribution in [2.24, 2.45) is 0 Å². The highest BCUT2D eigenvalue weighted by Crippen LogP contribution is 2.32. The van der Waals surface area contributed by atoms with Crippen molar-refractivity contribution >= 4 is 17.2 Å². The summed E-state index contributed by atoms with van der Waals surface area (Å²) in [6.45, 7) is 1.08. The van der Waals surface area contributed by atoms with Crippen LogP contribution in [0.3, 0.4) is 0 Å². The topological polar surface area (TPSA) is 55.3 Å². The lowest BCUT2D eigenvalue weighted by atomic mass is 9.97. The summed E-state index contributed by atoms with van der Waals surface area (Å²) in [5.74, 6) is 0.799. The second-order valence-corrected chi connectivity index (χ2v) is 8.79. The van der Waals surface area contributed by atoms with Crippen LogP contribution in [-0.2, 0) is 12.6 Å². The third-order valence-corrected chi connectivity index (χ3v) is 6.67. The molecule has 5 nitrogen and oxygen atoms in total. The third-order valence-electron chi connectivity index (χ3n) is 5.59. The summed E-state index contributed by atoms with van der Waals surface area (Å²) in [7, 11) is 1.63. The number of likely N-dealkylation sites (tertiary alicyclic amines) is 1. The molecule has 1 fully saturated rings.